The summed E-state index contributed by atoms with van der Waals surface area (Å²) in [4.78, 5) is 11.9. The minimum absolute atomic E-state index is 0.113. The zero-order chi connectivity index (χ0) is 18.3. The van der Waals surface area contributed by atoms with Crippen LogP contribution in [0.2, 0.25) is 0 Å². The third-order valence-electron chi connectivity index (χ3n) is 3.11. The smallest absolute Gasteiger partial charge is 0.422 e. The Balaban J connectivity index is 1.81. The molecule has 0 unspecified atom stereocenters. The van der Waals surface area contributed by atoms with Gasteiger partial charge in [0, 0.05) is 18.3 Å². The van der Waals surface area contributed by atoms with Crippen molar-refractivity contribution in [3.63, 3.8) is 0 Å². The zero-order valence-electron chi connectivity index (χ0n) is 13.4. The number of hydrogen-bond acceptors (Lipinski definition) is 3. The Hall–Kier alpha value is -2.90. The largest absolute Gasteiger partial charge is 0.497 e. The fourth-order valence-corrected chi connectivity index (χ4v) is 1.93. The Morgan fingerprint density at radius 2 is 1.80 bits per heavy atom. The van der Waals surface area contributed by atoms with E-state index >= 15 is 0 Å². The summed E-state index contributed by atoms with van der Waals surface area (Å²) in [6.07, 6.45) is -4.38. The second kappa shape index (κ2) is 8.27. The number of methoxy groups -OCH3 is 1. The van der Waals surface area contributed by atoms with Crippen LogP contribution in [0.1, 0.15) is 5.56 Å². The van der Waals surface area contributed by atoms with Crippen LogP contribution in [-0.2, 0) is 6.54 Å². The third-order valence-corrected chi connectivity index (χ3v) is 3.11. The third kappa shape index (κ3) is 6.62. The minimum Gasteiger partial charge on any atom is -0.497 e. The number of alkyl halides is 3. The fraction of sp³-hybridized carbons (Fsp3) is 0.235. The predicted molar refractivity (Wildman–Crippen MR) is 86.8 cm³/mol. The maximum absolute atomic E-state index is 12.1. The molecule has 0 saturated heterocycles. The summed E-state index contributed by atoms with van der Waals surface area (Å²) in [5, 5.41) is 5.30. The van der Waals surface area contributed by atoms with Gasteiger partial charge in [0.1, 0.15) is 11.5 Å². The lowest BCUT2D eigenvalue weighted by Crippen LogP contribution is -2.28. The molecule has 0 aliphatic carbocycles. The number of rotatable bonds is 6. The van der Waals surface area contributed by atoms with Gasteiger partial charge in [0.05, 0.1) is 7.11 Å². The van der Waals surface area contributed by atoms with E-state index in [9.17, 15) is 18.0 Å². The summed E-state index contributed by atoms with van der Waals surface area (Å²) >= 11 is 0. The van der Waals surface area contributed by atoms with Gasteiger partial charge < -0.3 is 20.1 Å². The number of carbonyl (C=O) groups is 1. The minimum atomic E-state index is -4.38. The first-order valence-electron chi connectivity index (χ1n) is 7.33. The number of amides is 2. The van der Waals surface area contributed by atoms with Gasteiger partial charge in [0.2, 0.25) is 0 Å². The van der Waals surface area contributed by atoms with Crippen LogP contribution in [0.15, 0.2) is 48.5 Å². The van der Waals surface area contributed by atoms with Gasteiger partial charge in [-0.1, -0.05) is 18.2 Å². The first-order valence-corrected chi connectivity index (χ1v) is 7.33. The van der Waals surface area contributed by atoms with Gasteiger partial charge in [-0.2, -0.15) is 13.2 Å². The molecule has 134 valence electrons. The Kier molecular flexibility index (Phi) is 6.10. The molecule has 5 nitrogen and oxygen atoms in total. The van der Waals surface area contributed by atoms with E-state index < -0.39 is 18.8 Å². The van der Waals surface area contributed by atoms with E-state index in [1.165, 1.54) is 19.2 Å². The van der Waals surface area contributed by atoms with Gasteiger partial charge in [-0.15, -0.1) is 0 Å². The molecule has 0 atom stereocenters. The van der Waals surface area contributed by atoms with Crippen molar-refractivity contribution in [3.05, 3.63) is 54.1 Å². The molecule has 25 heavy (non-hydrogen) atoms. The van der Waals surface area contributed by atoms with Gasteiger partial charge >= 0.3 is 12.2 Å². The highest BCUT2D eigenvalue weighted by atomic mass is 19.4. The maximum atomic E-state index is 12.1. The maximum Gasteiger partial charge on any atom is 0.422 e. The summed E-state index contributed by atoms with van der Waals surface area (Å²) in [5.41, 5.74) is 1.30. The molecule has 0 fully saturated rings. The summed E-state index contributed by atoms with van der Waals surface area (Å²) in [7, 11) is 1.53. The lowest BCUT2D eigenvalue weighted by molar-refractivity contribution is -0.153. The summed E-state index contributed by atoms with van der Waals surface area (Å²) in [6.45, 7) is -1.12. The average Bonchev–Trinajstić information content (AvgIpc) is 2.58. The Morgan fingerprint density at radius 3 is 2.44 bits per heavy atom. The average molecular weight is 354 g/mol. The van der Waals surface area contributed by atoms with Gasteiger partial charge in [0.15, 0.2) is 6.61 Å². The number of carbonyl (C=O) groups excluding carboxylic acids is 1. The van der Waals surface area contributed by atoms with Crippen LogP contribution in [0.5, 0.6) is 11.5 Å². The highest BCUT2D eigenvalue weighted by molar-refractivity contribution is 5.89. The lowest BCUT2D eigenvalue weighted by atomic mass is 10.2. The van der Waals surface area contributed by atoms with E-state index in [0.717, 1.165) is 5.56 Å². The van der Waals surface area contributed by atoms with Crippen molar-refractivity contribution in [3.8, 4) is 11.5 Å². The van der Waals surface area contributed by atoms with E-state index in [4.69, 9.17) is 4.74 Å². The summed E-state index contributed by atoms with van der Waals surface area (Å²) in [6, 6.07) is 12.5. The van der Waals surface area contributed by atoms with Crippen molar-refractivity contribution in [2.24, 2.45) is 0 Å². The standard InChI is InChI=1S/C17H17F3N2O3/c1-24-15-4-2-3-13(9-15)22-16(23)21-10-12-5-7-14(8-6-12)25-11-17(18,19)20/h2-9H,10-11H2,1H3,(H2,21,22,23). The normalized spacial score (nSPS) is 10.9. The van der Waals surface area contributed by atoms with Gasteiger partial charge in [-0.3, -0.25) is 0 Å². The molecule has 2 amide bonds. The molecule has 0 bridgehead atoms. The molecule has 0 heterocycles. The molecular weight excluding hydrogens is 337 g/mol. The molecule has 0 spiro atoms. The highest BCUT2D eigenvalue weighted by Crippen LogP contribution is 2.19. The van der Waals surface area contributed by atoms with Crippen LogP contribution in [0.25, 0.3) is 0 Å². The van der Waals surface area contributed by atoms with Crippen molar-refractivity contribution in [2.45, 2.75) is 12.7 Å². The number of nitrogens with one attached hydrogen (secondary N) is 2. The molecular formula is C17H17F3N2O3. The Bertz CT molecular complexity index is 703. The van der Waals surface area contributed by atoms with Gasteiger partial charge in [-0.25, -0.2) is 4.79 Å². The van der Waals surface area contributed by atoms with Gasteiger partial charge in [0.25, 0.3) is 0 Å². The van der Waals surface area contributed by atoms with Crippen LogP contribution in [0, 0.1) is 0 Å². The zero-order valence-corrected chi connectivity index (χ0v) is 13.4. The summed E-state index contributed by atoms with van der Waals surface area (Å²) in [5.74, 6) is 0.731. The molecule has 0 aliphatic heterocycles. The molecule has 8 heteroatoms. The quantitative estimate of drug-likeness (QED) is 0.826. The lowest BCUT2D eigenvalue weighted by Gasteiger charge is -2.11. The van der Waals surface area contributed by atoms with E-state index in [1.807, 2.05) is 0 Å². The number of urea groups is 1. The number of ether oxygens (including phenoxy) is 2. The van der Waals surface area contributed by atoms with Crippen molar-refractivity contribution < 1.29 is 27.4 Å². The molecule has 0 saturated carbocycles. The van der Waals surface area contributed by atoms with Crippen LogP contribution >= 0.6 is 0 Å². The molecule has 2 rings (SSSR count). The predicted octanol–water partition coefficient (Wildman–Crippen LogP) is 3.96. The number of benzene rings is 2. The number of halogens is 3. The Labute approximate surface area is 142 Å². The van der Waals surface area contributed by atoms with Crippen LogP contribution < -0.4 is 20.1 Å². The van der Waals surface area contributed by atoms with E-state index in [1.54, 1.807) is 36.4 Å². The molecule has 2 N–H and O–H groups in total. The summed E-state index contributed by atoms with van der Waals surface area (Å²) < 4.78 is 45.9. The van der Waals surface area contributed by atoms with Crippen molar-refractivity contribution >= 4 is 11.7 Å². The van der Waals surface area contributed by atoms with E-state index in [-0.39, 0.29) is 12.3 Å². The van der Waals surface area contributed by atoms with Crippen LogP contribution in [0.4, 0.5) is 23.7 Å². The van der Waals surface area contributed by atoms with Gasteiger partial charge in [-0.05, 0) is 29.8 Å². The SMILES string of the molecule is COc1cccc(NC(=O)NCc2ccc(OCC(F)(F)F)cc2)c1. The monoisotopic (exact) mass is 354 g/mol. The van der Waals surface area contributed by atoms with Crippen LogP contribution in [0.3, 0.4) is 0 Å². The van der Waals surface area contributed by atoms with Crippen molar-refractivity contribution in [2.75, 3.05) is 19.0 Å². The Morgan fingerprint density at radius 1 is 1.08 bits per heavy atom. The second-order valence-corrected chi connectivity index (χ2v) is 5.09. The molecule has 2 aromatic rings. The fourth-order valence-electron chi connectivity index (χ4n) is 1.93. The highest BCUT2D eigenvalue weighted by Gasteiger charge is 2.28. The second-order valence-electron chi connectivity index (χ2n) is 5.09. The first-order chi connectivity index (χ1) is 11.9. The van der Waals surface area contributed by atoms with Crippen LogP contribution in [-0.4, -0.2) is 25.9 Å². The van der Waals surface area contributed by atoms with Crippen molar-refractivity contribution in [1.82, 2.24) is 5.32 Å². The molecule has 0 aliphatic rings. The number of anilines is 1. The number of hydrogen-bond donors (Lipinski definition) is 2. The van der Waals surface area contributed by atoms with Crippen molar-refractivity contribution in [1.29, 1.82) is 0 Å². The topological polar surface area (TPSA) is 59.6 Å². The molecule has 0 aromatic heterocycles. The molecule has 2 aromatic carbocycles. The first kappa shape index (κ1) is 18.4. The molecule has 0 radical (unpaired) electrons. The van der Waals surface area contributed by atoms with E-state index in [0.29, 0.717) is 11.4 Å². The van der Waals surface area contributed by atoms with E-state index in [2.05, 4.69) is 15.4 Å².